The molecule has 78 valence electrons. The largest absolute Gasteiger partial charge is 0.446 e. The summed E-state index contributed by atoms with van der Waals surface area (Å²) in [6.07, 6.45) is 0.630. The molecule has 1 aromatic rings. The first-order chi connectivity index (χ1) is 6.42. The summed E-state index contributed by atoms with van der Waals surface area (Å²) in [4.78, 5) is 0.179. The van der Waals surface area contributed by atoms with Gasteiger partial charge < -0.3 is 0 Å². The first-order valence-corrected chi connectivity index (χ1v) is 5.16. The number of aryl methyl sites for hydroxylation is 1. The molecule has 0 spiro atoms. The summed E-state index contributed by atoms with van der Waals surface area (Å²) in [7, 11) is 0. The van der Waals surface area contributed by atoms with Crippen LogP contribution in [0.15, 0.2) is 23.1 Å². The lowest BCUT2D eigenvalue weighted by Gasteiger charge is -2.07. The van der Waals surface area contributed by atoms with Crippen molar-refractivity contribution in [2.75, 3.05) is 0 Å². The Morgan fingerprint density at radius 1 is 1.36 bits per heavy atom. The molecule has 0 aliphatic rings. The van der Waals surface area contributed by atoms with Crippen LogP contribution in [0.3, 0.4) is 0 Å². The van der Waals surface area contributed by atoms with Crippen molar-refractivity contribution < 1.29 is 13.2 Å². The molecule has 0 N–H and O–H groups in total. The van der Waals surface area contributed by atoms with Gasteiger partial charge in [0.25, 0.3) is 0 Å². The zero-order valence-corrected chi connectivity index (χ0v) is 8.93. The fourth-order valence-corrected chi connectivity index (χ4v) is 1.87. The van der Waals surface area contributed by atoms with Gasteiger partial charge in [-0.2, -0.15) is 13.2 Å². The van der Waals surface area contributed by atoms with Gasteiger partial charge in [0, 0.05) is 9.92 Å². The molecule has 0 fully saturated rings. The molecule has 0 atom stereocenters. The van der Waals surface area contributed by atoms with Crippen molar-refractivity contribution in [2.45, 2.75) is 23.7 Å². The smallest absolute Gasteiger partial charge is 0.160 e. The quantitative estimate of drug-likeness (QED) is 0.685. The SMILES string of the molecule is CCc1cc(SC(F)(F)F)ccc1Cl. The molecule has 0 heterocycles. The van der Waals surface area contributed by atoms with Crippen LogP contribution in [0, 0.1) is 0 Å². The third-order valence-corrected chi connectivity index (χ3v) is 2.72. The Kier molecular flexibility index (Phi) is 3.72. The fourth-order valence-electron chi connectivity index (χ4n) is 1.02. The molecule has 0 aliphatic heterocycles. The highest BCUT2D eigenvalue weighted by atomic mass is 35.5. The number of halogens is 4. The summed E-state index contributed by atoms with van der Waals surface area (Å²) < 4.78 is 36.0. The Hall–Kier alpha value is -0.350. The molecule has 0 nitrogen and oxygen atoms in total. The van der Waals surface area contributed by atoms with Crippen LogP contribution in [0.2, 0.25) is 5.02 Å². The van der Waals surface area contributed by atoms with E-state index in [0.717, 1.165) is 5.56 Å². The average Bonchev–Trinajstić information content (AvgIpc) is 2.06. The summed E-state index contributed by atoms with van der Waals surface area (Å²) in [6.45, 7) is 1.85. The van der Waals surface area contributed by atoms with Crippen LogP contribution in [0.5, 0.6) is 0 Å². The number of alkyl halides is 3. The second-order valence-electron chi connectivity index (χ2n) is 2.65. The minimum absolute atomic E-state index is 0.120. The van der Waals surface area contributed by atoms with Crippen molar-refractivity contribution in [1.29, 1.82) is 0 Å². The molecule has 0 saturated carbocycles. The second kappa shape index (κ2) is 4.45. The number of benzene rings is 1. The molecule has 0 aromatic heterocycles. The van der Waals surface area contributed by atoms with Gasteiger partial charge in [0.1, 0.15) is 0 Å². The normalized spacial score (nSPS) is 11.8. The van der Waals surface area contributed by atoms with Gasteiger partial charge in [0.2, 0.25) is 0 Å². The van der Waals surface area contributed by atoms with Gasteiger partial charge in [0.05, 0.1) is 0 Å². The fraction of sp³-hybridized carbons (Fsp3) is 0.333. The van der Waals surface area contributed by atoms with E-state index in [2.05, 4.69) is 0 Å². The van der Waals surface area contributed by atoms with Crippen molar-refractivity contribution >= 4 is 23.4 Å². The Labute approximate surface area is 89.4 Å². The summed E-state index contributed by atoms with van der Waals surface area (Å²) in [6, 6.07) is 4.34. The van der Waals surface area contributed by atoms with Crippen LogP contribution in [-0.4, -0.2) is 5.51 Å². The third kappa shape index (κ3) is 3.42. The summed E-state index contributed by atoms with van der Waals surface area (Å²) in [5.74, 6) is 0. The van der Waals surface area contributed by atoms with Crippen molar-refractivity contribution in [3.05, 3.63) is 28.8 Å². The molecule has 0 radical (unpaired) electrons. The Morgan fingerprint density at radius 3 is 2.50 bits per heavy atom. The van der Waals surface area contributed by atoms with Crippen molar-refractivity contribution in [1.82, 2.24) is 0 Å². The van der Waals surface area contributed by atoms with E-state index in [1.807, 2.05) is 6.92 Å². The first kappa shape index (κ1) is 11.7. The Morgan fingerprint density at radius 2 is 2.00 bits per heavy atom. The molecular formula is C9H8ClF3S. The first-order valence-electron chi connectivity index (χ1n) is 3.96. The zero-order chi connectivity index (χ0) is 10.8. The van der Waals surface area contributed by atoms with Crippen LogP contribution in [0.1, 0.15) is 12.5 Å². The Balaban J connectivity index is 2.90. The highest BCUT2D eigenvalue weighted by Crippen LogP contribution is 2.37. The van der Waals surface area contributed by atoms with Crippen LogP contribution in [-0.2, 0) is 6.42 Å². The van der Waals surface area contributed by atoms with Crippen molar-refractivity contribution in [3.8, 4) is 0 Å². The topological polar surface area (TPSA) is 0 Å². The summed E-state index contributed by atoms with van der Waals surface area (Å²) >= 11 is 5.66. The zero-order valence-electron chi connectivity index (χ0n) is 7.36. The third-order valence-electron chi connectivity index (χ3n) is 1.63. The van der Waals surface area contributed by atoms with Gasteiger partial charge in [-0.1, -0.05) is 18.5 Å². The van der Waals surface area contributed by atoms with Gasteiger partial charge in [-0.25, -0.2) is 0 Å². The minimum Gasteiger partial charge on any atom is -0.160 e. The predicted molar refractivity (Wildman–Crippen MR) is 52.7 cm³/mol. The Bertz CT molecular complexity index is 322. The van der Waals surface area contributed by atoms with E-state index in [0.29, 0.717) is 11.4 Å². The van der Waals surface area contributed by atoms with Gasteiger partial charge in [-0.3, -0.25) is 0 Å². The van der Waals surface area contributed by atoms with E-state index >= 15 is 0 Å². The molecule has 14 heavy (non-hydrogen) atoms. The van der Waals surface area contributed by atoms with E-state index in [1.165, 1.54) is 18.2 Å². The van der Waals surface area contributed by atoms with Crippen LogP contribution in [0.4, 0.5) is 13.2 Å². The highest BCUT2D eigenvalue weighted by molar-refractivity contribution is 8.00. The van der Waals surface area contributed by atoms with E-state index in [-0.39, 0.29) is 16.7 Å². The molecule has 0 aliphatic carbocycles. The molecule has 1 rings (SSSR count). The molecule has 1 aromatic carbocycles. The maximum absolute atomic E-state index is 12.0. The predicted octanol–water partition coefficient (Wildman–Crippen LogP) is 4.51. The summed E-state index contributed by atoms with van der Waals surface area (Å²) in [5, 5.41) is 0.513. The lowest BCUT2D eigenvalue weighted by Crippen LogP contribution is -1.99. The minimum atomic E-state index is -4.24. The lowest BCUT2D eigenvalue weighted by atomic mass is 10.2. The lowest BCUT2D eigenvalue weighted by molar-refractivity contribution is -0.0328. The number of rotatable bonds is 2. The molecule has 5 heteroatoms. The summed E-state index contributed by atoms with van der Waals surface area (Å²) in [5.41, 5.74) is -3.50. The van der Waals surface area contributed by atoms with Gasteiger partial charge in [-0.15, -0.1) is 0 Å². The average molecular weight is 241 g/mol. The molecule has 0 unspecified atom stereocenters. The maximum Gasteiger partial charge on any atom is 0.446 e. The van der Waals surface area contributed by atoms with E-state index in [9.17, 15) is 13.2 Å². The van der Waals surface area contributed by atoms with Gasteiger partial charge in [0.15, 0.2) is 0 Å². The van der Waals surface area contributed by atoms with Gasteiger partial charge >= 0.3 is 5.51 Å². The van der Waals surface area contributed by atoms with E-state index in [1.54, 1.807) is 0 Å². The van der Waals surface area contributed by atoms with E-state index in [4.69, 9.17) is 11.6 Å². The number of hydrogen-bond donors (Lipinski definition) is 0. The molecular weight excluding hydrogens is 233 g/mol. The number of hydrogen-bond acceptors (Lipinski definition) is 1. The number of thioether (sulfide) groups is 1. The highest BCUT2D eigenvalue weighted by Gasteiger charge is 2.29. The maximum atomic E-state index is 12.0. The monoisotopic (exact) mass is 240 g/mol. The molecule has 0 bridgehead atoms. The van der Waals surface area contributed by atoms with E-state index < -0.39 is 5.51 Å². The molecule has 0 amide bonds. The van der Waals surface area contributed by atoms with Crippen LogP contribution < -0.4 is 0 Å². The van der Waals surface area contributed by atoms with Crippen molar-refractivity contribution in [2.24, 2.45) is 0 Å². The van der Waals surface area contributed by atoms with Gasteiger partial charge in [-0.05, 0) is 41.9 Å². The van der Waals surface area contributed by atoms with Crippen molar-refractivity contribution in [3.63, 3.8) is 0 Å². The molecule has 0 saturated heterocycles. The second-order valence-corrected chi connectivity index (χ2v) is 4.20. The standard InChI is InChI=1S/C9H8ClF3S/c1-2-6-5-7(3-4-8(6)10)14-9(11,12)13/h3-5H,2H2,1H3. The van der Waals surface area contributed by atoms with Crippen LogP contribution >= 0.6 is 23.4 Å². The van der Waals surface area contributed by atoms with Crippen LogP contribution in [0.25, 0.3) is 0 Å².